The molecule has 5 nitrogen and oxygen atoms in total. The Hall–Kier alpha value is -3.39. The molecule has 0 unspecified atom stereocenters. The number of carbonyl (C=O) groups is 1. The molecule has 0 aromatic heterocycles. The van der Waals surface area contributed by atoms with Gasteiger partial charge in [-0.3, -0.25) is 4.79 Å². The standard InChI is InChI=1S/C26H21IN2O3/c27-21-11-13-22(14-12-21)31-18-26(30)29-28-16-24-23-9-5-4-8-20(23)10-15-25(24)32-17-19-6-2-1-3-7-19/h1-16H,17-18H2,(H,29,30)/b28-16-. The van der Waals surface area contributed by atoms with E-state index in [9.17, 15) is 4.79 Å². The zero-order chi connectivity index (χ0) is 22.2. The third kappa shape index (κ3) is 5.85. The van der Waals surface area contributed by atoms with Crippen LogP contribution in [0, 0.1) is 3.57 Å². The number of benzene rings is 4. The number of nitrogens with one attached hydrogen (secondary N) is 1. The molecule has 4 aromatic carbocycles. The van der Waals surface area contributed by atoms with Crippen LogP contribution in [-0.2, 0) is 11.4 Å². The van der Waals surface area contributed by atoms with E-state index < -0.39 is 0 Å². The SMILES string of the molecule is O=C(COc1ccc(I)cc1)N/N=C\c1c(OCc2ccccc2)ccc2ccccc12. The van der Waals surface area contributed by atoms with Crippen LogP contribution in [-0.4, -0.2) is 18.7 Å². The number of carbonyl (C=O) groups excluding carboxylic acids is 1. The molecule has 6 heteroatoms. The predicted octanol–water partition coefficient (Wildman–Crippen LogP) is 5.55. The van der Waals surface area contributed by atoms with Gasteiger partial charge >= 0.3 is 0 Å². The van der Waals surface area contributed by atoms with Crippen LogP contribution >= 0.6 is 22.6 Å². The third-order valence-corrected chi connectivity index (χ3v) is 5.45. The molecule has 160 valence electrons. The summed E-state index contributed by atoms with van der Waals surface area (Å²) < 4.78 is 12.7. The minimum absolute atomic E-state index is 0.120. The Kier molecular flexibility index (Phi) is 7.34. The van der Waals surface area contributed by atoms with Gasteiger partial charge in [0.25, 0.3) is 5.91 Å². The van der Waals surface area contributed by atoms with Crippen LogP contribution in [0.4, 0.5) is 0 Å². The maximum absolute atomic E-state index is 12.2. The van der Waals surface area contributed by atoms with Crippen LogP contribution in [0.1, 0.15) is 11.1 Å². The van der Waals surface area contributed by atoms with E-state index in [0.29, 0.717) is 18.1 Å². The van der Waals surface area contributed by atoms with Gasteiger partial charge in [-0.25, -0.2) is 5.43 Å². The van der Waals surface area contributed by atoms with E-state index in [4.69, 9.17) is 9.47 Å². The molecule has 0 atom stereocenters. The molecule has 0 aliphatic carbocycles. The molecule has 0 spiro atoms. The Bertz CT molecular complexity index is 1230. The van der Waals surface area contributed by atoms with E-state index in [0.717, 1.165) is 25.5 Å². The van der Waals surface area contributed by atoms with Crippen molar-refractivity contribution >= 4 is 45.5 Å². The number of hydrazone groups is 1. The number of halogens is 1. The van der Waals surface area contributed by atoms with E-state index in [2.05, 4.69) is 33.1 Å². The van der Waals surface area contributed by atoms with Crippen molar-refractivity contribution in [1.82, 2.24) is 5.43 Å². The van der Waals surface area contributed by atoms with Gasteiger partial charge in [0.15, 0.2) is 6.61 Å². The summed E-state index contributed by atoms with van der Waals surface area (Å²) in [6, 6.07) is 29.4. The molecule has 0 aliphatic heterocycles. The van der Waals surface area contributed by atoms with Gasteiger partial charge in [-0.15, -0.1) is 0 Å². The molecule has 4 rings (SSSR count). The first-order valence-electron chi connectivity index (χ1n) is 10.1. The number of nitrogens with zero attached hydrogens (tertiary/aromatic N) is 1. The summed E-state index contributed by atoms with van der Waals surface area (Å²) in [5.74, 6) is 0.989. The Morgan fingerprint density at radius 3 is 2.44 bits per heavy atom. The number of hydrogen-bond donors (Lipinski definition) is 1. The fraction of sp³-hybridized carbons (Fsp3) is 0.0769. The summed E-state index contributed by atoms with van der Waals surface area (Å²) in [5, 5.41) is 6.20. The van der Waals surface area contributed by atoms with Crippen LogP contribution in [0.15, 0.2) is 96.1 Å². The van der Waals surface area contributed by atoms with Gasteiger partial charge < -0.3 is 9.47 Å². The second kappa shape index (κ2) is 10.8. The molecule has 0 fully saturated rings. The molecule has 4 aromatic rings. The smallest absolute Gasteiger partial charge is 0.277 e. The molecule has 0 saturated heterocycles. The Balaban J connectivity index is 1.45. The predicted molar refractivity (Wildman–Crippen MR) is 135 cm³/mol. The van der Waals surface area contributed by atoms with E-state index in [1.807, 2.05) is 91.0 Å². The van der Waals surface area contributed by atoms with Crippen molar-refractivity contribution in [2.45, 2.75) is 6.61 Å². The van der Waals surface area contributed by atoms with Crippen LogP contribution < -0.4 is 14.9 Å². The maximum Gasteiger partial charge on any atom is 0.277 e. The lowest BCUT2D eigenvalue weighted by molar-refractivity contribution is -0.123. The highest BCUT2D eigenvalue weighted by Crippen LogP contribution is 2.27. The first kappa shape index (κ1) is 21.8. The van der Waals surface area contributed by atoms with E-state index in [-0.39, 0.29) is 12.5 Å². The van der Waals surface area contributed by atoms with E-state index in [1.54, 1.807) is 6.21 Å². The summed E-state index contributed by atoms with van der Waals surface area (Å²) in [5.41, 5.74) is 4.40. The molecule has 0 bridgehead atoms. The van der Waals surface area contributed by atoms with Crippen LogP contribution in [0.5, 0.6) is 11.5 Å². The number of ether oxygens (including phenoxy) is 2. The van der Waals surface area contributed by atoms with Crippen LogP contribution in [0.2, 0.25) is 0 Å². The average molecular weight is 536 g/mol. The lowest BCUT2D eigenvalue weighted by Crippen LogP contribution is -2.24. The van der Waals surface area contributed by atoms with Crippen molar-refractivity contribution in [3.63, 3.8) is 0 Å². The van der Waals surface area contributed by atoms with Gasteiger partial charge in [0.1, 0.15) is 18.1 Å². The third-order valence-electron chi connectivity index (χ3n) is 4.73. The van der Waals surface area contributed by atoms with Crippen molar-refractivity contribution in [2.24, 2.45) is 5.10 Å². The van der Waals surface area contributed by atoms with Crippen LogP contribution in [0.25, 0.3) is 10.8 Å². The van der Waals surface area contributed by atoms with Crippen molar-refractivity contribution in [2.75, 3.05) is 6.61 Å². The lowest BCUT2D eigenvalue weighted by atomic mass is 10.0. The van der Waals surface area contributed by atoms with Crippen molar-refractivity contribution < 1.29 is 14.3 Å². The Morgan fingerprint density at radius 2 is 1.62 bits per heavy atom. The normalized spacial score (nSPS) is 10.9. The molecule has 1 N–H and O–H groups in total. The van der Waals surface area contributed by atoms with Gasteiger partial charge in [0.05, 0.1) is 6.21 Å². The summed E-state index contributed by atoms with van der Waals surface area (Å²) in [7, 11) is 0. The summed E-state index contributed by atoms with van der Waals surface area (Å²) in [6.45, 7) is 0.321. The minimum atomic E-state index is -0.341. The molecular weight excluding hydrogens is 515 g/mol. The fourth-order valence-electron chi connectivity index (χ4n) is 3.15. The molecule has 32 heavy (non-hydrogen) atoms. The number of amides is 1. The minimum Gasteiger partial charge on any atom is -0.488 e. The zero-order valence-corrected chi connectivity index (χ0v) is 19.4. The summed E-state index contributed by atoms with van der Waals surface area (Å²) in [6.07, 6.45) is 1.62. The zero-order valence-electron chi connectivity index (χ0n) is 17.2. The lowest BCUT2D eigenvalue weighted by Gasteiger charge is -2.12. The molecule has 0 aliphatic rings. The van der Waals surface area contributed by atoms with Crippen molar-refractivity contribution in [3.05, 3.63) is 106 Å². The van der Waals surface area contributed by atoms with Crippen molar-refractivity contribution in [1.29, 1.82) is 0 Å². The summed E-state index contributed by atoms with van der Waals surface area (Å²) >= 11 is 2.22. The molecule has 0 heterocycles. The number of fused-ring (bicyclic) bond motifs is 1. The Labute approximate surface area is 200 Å². The molecule has 0 saturated carbocycles. The van der Waals surface area contributed by atoms with Gasteiger partial charge in [0, 0.05) is 9.13 Å². The van der Waals surface area contributed by atoms with Gasteiger partial charge in [-0.05, 0) is 69.3 Å². The monoisotopic (exact) mass is 536 g/mol. The highest BCUT2D eigenvalue weighted by atomic mass is 127. The molecule has 0 radical (unpaired) electrons. The fourth-order valence-corrected chi connectivity index (χ4v) is 3.51. The average Bonchev–Trinajstić information content (AvgIpc) is 2.83. The number of hydrogen-bond acceptors (Lipinski definition) is 4. The molecular formula is C26H21IN2O3. The highest BCUT2D eigenvalue weighted by Gasteiger charge is 2.08. The van der Waals surface area contributed by atoms with Gasteiger partial charge in [0.2, 0.25) is 0 Å². The van der Waals surface area contributed by atoms with Crippen LogP contribution in [0.3, 0.4) is 0 Å². The topological polar surface area (TPSA) is 59.9 Å². The van der Waals surface area contributed by atoms with Gasteiger partial charge in [-0.1, -0.05) is 60.7 Å². The largest absolute Gasteiger partial charge is 0.488 e. The quantitative estimate of drug-likeness (QED) is 0.183. The number of rotatable bonds is 8. The van der Waals surface area contributed by atoms with E-state index >= 15 is 0 Å². The first-order chi connectivity index (χ1) is 15.7. The molecule has 1 amide bonds. The maximum atomic E-state index is 12.2. The van der Waals surface area contributed by atoms with Gasteiger partial charge in [-0.2, -0.15) is 5.10 Å². The highest BCUT2D eigenvalue weighted by molar-refractivity contribution is 14.1. The van der Waals surface area contributed by atoms with E-state index in [1.165, 1.54) is 0 Å². The second-order valence-corrected chi connectivity index (χ2v) is 8.25. The summed E-state index contributed by atoms with van der Waals surface area (Å²) in [4.78, 5) is 12.2. The van der Waals surface area contributed by atoms with Crippen molar-refractivity contribution in [3.8, 4) is 11.5 Å². The first-order valence-corrected chi connectivity index (χ1v) is 11.2. The Morgan fingerprint density at radius 1 is 0.875 bits per heavy atom. The second-order valence-electron chi connectivity index (χ2n) is 7.01.